The number of carboxylic acids is 1. The van der Waals surface area contributed by atoms with Crippen molar-refractivity contribution >= 4 is 17.6 Å². The summed E-state index contributed by atoms with van der Waals surface area (Å²) in [4.78, 5) is 25.3. The molecule has 3 N–H and O–H groups in total. The van der Waals surface area contributed by atoms with Crippen LogP contribution in [0.25, 0.3) is 0 Å². The molecule has 0 fully saturated rings. The molecule has 3 aromatic rings. The van der Waals surface area contributed by atoms with Gasteiger partial charge in [-0.15, -0.1) is 0 Å². The minimum atomic E-state index is -5.08. The van der Waals surface area contributed by atoms with Crippen LogP contribution in [0.4, 0.5) is 18.9 Å². The van der Waals surface area contributed by atoms with E-state index in [0.29, 0.717) is 18.8 Å². The maximum atomic E-state index is 12.4. The molecule has 0 spiro atoms. The van der Waals surface area contributed by atoms with Gasteiger partial charge in [-0.05, 0) is 17.7 Å². The number of carbonyl (C=O) groups is 2. The van der Waals surface area contributed by atoms with Gasteiger partial charge >= 0.3 is 12.1 Å². The van der Waals surface area contributed by atoms with Gasteiger partial charge in [0.1, 0.15) is 0 Å². The molecule has 0 saturated heterocycles. The zero-order valence-corrected chi connectivity index (χ0v) is 15.9. The van der Waals surface area contributed by atoms with Gasteiger partial charge in [-0.25, -0.2) is 4.79 Å². The molecular formula is C18H17F3N6O4. The van der Waals surface area contributed by atoms with Crippen molar-refractivity contribution in [2.45, 2.75) is 25.7 Å². The number of fused-ring (bicyclic) bond motifs is 1. The van der Waals surface area contributed by atoms with Gasteiger partial charge in [-0.3, -0.25) is 14.5 Å². The van der Waals surface area contributed by atoms with Crippen LogP contribution in [0, 0.1) is 0 Å². The van der Waals surface area contributed by atoms with Crippen molar-refractivity contribution in [1.82, 2.24) is 25.2 Å². The molecule has 1 aliphatic heterocycles. The van der Waals surface area contributed by atoms with Gasteiger partial charge < -0.3 is 20.3 Å². The van der Waals surface area contributed by atoms with Crippen LogP contribution in [0.5, 0.6) is 0 Å². The van der Waals surface area contributed by atoms with Gasteiger partial charge in [0.05, 0.1) is 24.1 Å². The van der Waals surface area contributed by atoms with Crippen molar-refractivity contribution in [3.63, 3.8) is 0 Å². The Bertz CT molecular complexity index is 1050. The number of amides is 1. The first-order valence-electron chi connectivity index (χ1n) is 8.95. The van der Waals surface area contributed by atoms with Crippen LogP contribution in [0.2, 0.25) is 0 Å². The Labute approximate surface area is 173 Å². The smallest absolute Gasteiger partial charge is 0.475 e. The lowest BCUT2D eigenvalue weighted by Gasteiger charge is -2.10. The molecule has 0 bridgehead atoms. The fourth-order valence-corrected chi connectivity index (χ4v) is 2.70. The number of aliphatic carboxylic acids is 1. The predicted octanol–water partition coefficient (Wildman–Crippen LogP) is 1.85. The average molecular weight is 438 g/mol. The maximum absolute atomic E-state index is 12.4. The summed E-state index contributed by atoms with van der Waals surface area (Å²) in [5, 5.41) is 21.4. The number of anilines is 1. The number of nitrogens with one attached hydrogen (secondary N) is 2. The maximum Gasteiger partial charge on any atom is 0.490 e. The number of hydrogen-bond acceptors (Lipinski definition) is 7. The highest BCUT2D eigenvalue weighted by Gasteiger charge is 2.38. The van der Waals surface area contributed by atoms with Crippen molar-refractivity contribution in [1.29, 1.82) is 0 Å². The normalized spacial score (nSPS) is 13.0. The van der Waals surface area contributed by atoms with E-state index in [1.54, 1.807) is 29.5 Å². The molecule has 31 heavy (non-hydrogen) atoms. The van der Waals surface area contributed by atoms with E-state index in [9.17, 15) is 18.0 Å². The molecule has 4 rings (SSSR count). The summed E-state index contributed by atoms with van der Waals surface area (Å²) in [7, 11) is 0. The molecule has 0 aliphatic carbocycles. The molecule has 3 aromatic heterocycles. The first kappa shape index (κ1) is 22.0. The van der Waals surface area contributed by atoms with E-state index in [0.717, 1.165) is 29.8 Å². The fourth-order valence-electron chi connectivity index (χ4n) is 2.70. The fraction of sp³-hybridized carbons (Fsp3) is 0.278. The second kappa shape index (κ2) is 9.38. The number of carbonyl (C=O) groups excluding carboxylic acids is 1. The third kappa shape index (κ3) is 5.88. The number of halogens is 3. The third-order valence-corrected chi connectivity index (χ3v) is 4.14. The summed E-state index contributed by atoms with van der Waals surface area (Å²) in [5.41, 5.74) is 3.39. The molecule has 0 unspecified atom stereocenters. The zero-order chi connectivity index (χ0) is 22.4. The summed E-state index contributed by atoms with van der Waals surface area (Å²) in [6.07, 6.45) is 2.56. The van der Waals surface area contributed by atoms with E-state index in [4.69, 9.17) is 14.4 Å². The zero-order valence-electron chi connectivity index (χ0n) is 15.9. The summed E-state index contributed by atoms with van der Waals surface area (Å²) in [6, 6.07) is 3.85. The van der Waals surface area contributed by atoms with Gasteiger partial charge in [0.15, 0.2) is 0 Å². The number of hydrogen-bond donors (Lipinski definition) is 3. The number of aromatic nitrogens is 4. The Hall–Kier alpha value is -3.74. The molecular weight excluding hydrogens is 421 g/mol. The minimum Gasteiger partial charge on any atom is -0.475 e. The number of carboxylic acid groups (broad SMARTS) is 1. The minimum absolute atomic E-state index is 0.263. The van der Waals surface area contributed by atoms with Crippen LogP contribution in [0.15, 0.2) is 41.4 Å². The molecule has 10 nitrogen and oxygen atoms in total. The van der Waals surface area contributed by atoms with Crippen LogP contribution in [-0.4, -0.2) is 49.6 Å². The predicted molar refractivity (Wildman–Crippen MR) is 99.1 cm³/mol. The average Bonchev–Trinajstić information content (AvgIpc) is 3.35. The summed E-state index contributed by atoms with van der Waals surface area (Å²) < 4.78 is 38.7. The van der Waals surface area contributed by atoms with E-state index in [-0.39, 0.29) is 11.7 Å². The molecule has 1 aliphatic rings. The second-order valence-corrected chi connectivity index (χ2v) is 6.40. The summed E-state index contributed by atoms with van der Waals surface area (Å²) in [5.74, 6) is -2.80. The molecule has 164 valence electrons. The molecule has 0 aromatic carbocycles. The SMILES string of the molecule is O=C(Nc1cnn(Cc2ccncc2)c1)c1onc2c1CNCC2.O=C(O)C(F)(F)F. The second-order valence-electron chi connectivity index (χ2n) is 6.40. The molecule has 13 heteroatoms. The van der Waals surface area contributed by atoms with Crippen molar-refractivity contribution in [2.24, 2.45) is 0 Å². The quantitative estimate of drug-likeness (QED) is 0.562. The lowest BCUT2D eigenvalue weighted by Crippen LogP contribution is -2.25. The monoisotopic (exact) mass is 438 g/mol. The van der Waals surface area contributed by atoms with Gasteiger partial charge in [-0.1, -0.05) is 5.16 Å². The summed E-state index contributed by atoms with van der Waals surface area (Å²) >= 11 is 0. The highest BCUT2D eigenvalue weighted by molar-refractivity contribution is 6.03. The Balaban J connectivity index is 0.000000339. The highest BCUT2D eigenvalue weighted by Crippen LogP contribution is 2.19. The van der Waals surface area contributed by atoms with Crippen molar-refractivity contribution < 1.29 is 32.4 Å². The van der Waals surface area contributed by atoms with Crippen LogP contribution in [0.3, 0.4) is 0 Å². The van der Waals surface area contributed by atoms with E-state index >= 15 is 0 Å². The van der Waals surface area contributed by atoms with Crippen molar-refractivity contribution in [3.05, 3.63) is 59.5 Å². The first-order chi connectivity index (χ1) is 14.7. The largest absolute Gasteiger partial charge is 0.490 e. The van der Waals surface area contributed by atoms with Crippen molar-refractivity contribution in [3.8, 4) is 0 Å². The van der Waals surface area contributed by atoms with Gasteiger partial charge in [-0.2, -0.15) is 18.3 Å². The van der Waals surface area contributed by atoms with Crippen LogP contribution < -0.4 is 10.6 Å². The standard InChI is InChI=1S/C16H16N6O2.C2HF3O2/c23-16(15-13-8-18-6-3-14(13)21-24-15)20-12-7-19-22(10-12)9-11-1-4-17-5-2-11;3-2(4,5)1(6)7/h1-2,4-5,7,10,18H,3,6,8-9H2,(H,20,23);(H,6,7). The van der Waals surface area contributed by atoms with Gasteiger partial charge in [0.2, 0.25) is 5.76 Å². The summed E-state index contributed by atoms with van der Waals surface area (Å²) in [6.45, 7) is 2.06. The Morgan fingerprint density at radius 3 is 2.68 bits per heavy atom. The lowest BCUT2D eigenvalue weighted by atomic mass is 10.1. The van der Waals surface area contributed by atoms with Crippen LogP contribution in [0.1, 0.15) is 27.4 Å². The number of nitrogens with zero attached hydrogens (tertiary/aromatic N) is 4. The van der Waals surface area contributed by atoms with E-state index in [1.807, 2.05) is 12.1 Å². The molecule has 4 heterocycles. The molecule has 1 amide bonds. The highest BCUT2D eigenvalue weighted by atomic mass is 19.4. The van der Waals surface area contributed by atoms with Gasteiger partial charge in [0.25, 0.3) is 5.91 Å². The Morgan fingerprint density at radius 2 is 2.00 bits per heavy atom. The Kier molecular flexibility index (Phi) is 6.65. The van der Waals surface area contributed by atoms with Gasteiger partial charge in [0, 0.05) is 43.7 Å². The third-order valence-electron chi connectivity index (χ3n) is 4.14. The number of rotatable bonds is 4. The lowest BCUT2D eigenvalue weighted by molar-refractivity contribution is -0.192. The molecule has 0 atom stereocenters. The topological polar surface area (TPSA) is 135 Å². The molecule has 0 saturated carbocycles. The van der Waals surface area contributed by atoms with Crippen molar-refractivity contribution in [2.75, 3.05) is 11.9 Å². The van der Waals surface area contributed by atoms with E-state index in [1.165, 1.54) is 0 Å². The van der Waals surface area contributed by atoms with Crippen LogP contribution in [-0.2, 0) is 24.3 Å². The van der Waals surface area contributed by atoms with E-state index < -0.39 is 12.1 Å². The number of pyridine rings is 1. The Morgan fingerprint density at radius 1 is 1.29 bits per heavy atom. The first-order valence-corrected chi connectivity index (χ1v) is 8.95. The van der Waals surface area contributed by atoms with Crippen LogP contribution >= 0.6 is 0 Å². The molecule has 0 radical (unpaired) electrons. The number of alkyl halides is 3. The van der Waals surface area contributed by atoms with E-state index in [2.05, 4.69) is 25.9 Å².